The predicted molar refractivity (Wildman–Crippen MR) is 124 cm³/mol. The molecule has 2 amide bonds. The molecular formula is C25H27N3O4. The number of aryl methyl sites for hydroxylation is 1. The molecule has 0 bridgehead atoms. The van der Waals surface area contributed by atoms with Gasteiger partial charge in [0.25, 0.3) is 0 Å². The standard InChI is InChI=1S/C25H27N3O4/c1-25(2,3)18-7-5-8-19(15-18)27-23(29)11-10-17-6-4-9-20(14-17)32-21-12-13-26-22(16-21)28-24(30)31/h4-9,12-16H,10-11H2,1-3H3,(H,26,28)(H,27,29)(H,30,31). The van der Waals surface area contributed by atoms with Gasteiger partial charge in [-0.05, 0) is 53.3 Å². The van der Waals surface area contributed by atoms with Gasteiger partial charge in [-0.3, -0.25) is 10.1 Å². The first-order valence-corrected chi connectivity index (χ1v) is 10.3. The zero-order valence-electron chi connectivity index (χ0n) is 18.4. The average Bonchev–Trinajstić information content (AvgIpc) is 2.72. The zero-order valence-corrected chi connectivity index (χ0v) is 18.4. The molecule has 0 atom stereocenters. The average molecular weight is 434 g/mol. The molecule has 2 aromatic carbocycles. The molecule has 3 rings (SSSR count). The van der Waals surface area contributed by atoms with Crippen molar-refractivity contribution in [1.29, 1.82) is 0 Å². The molecule has 0 aliphatic carbocycles. The molecule has 3 N–H and O–H groups in total. The minimum absolute atomic E-state index is 0.0143. The molecule has 0 aliphatic rings. The van der Waals surface area contributed by atoms with E-state index in [4.69, 9.17) is 9.84 Å². The number of carbonyl (C=O) groups excluding carboxylic acids is 1. The van der Waals surface area contributed by atoms with Crippen LogP contribution in [0.1, 0.15) is 38.3 Å². The summed E-state index contributed by atoms with van der Waals surface area (Å²) in [6, 6.07) is 18.5. The Morgan fingerprint density at radius 1 is 0.969 bits per heavy atom. The van der Waals surface area contributed by atoms with Crippen molar-refractivity contribution in [2.45, 2.75) is 39.0 Å². The van der Waals surface area contributed by atoms with E-state index in [1.54, 1.807) is 12.1 Å². The molecule has 166 valence electrons. The highest BCUT2D eigenvalue weighted by Crippen LogP contribution is 2.26. The molecule has 0 saturated heterocycles. The highest BCUT2D eigenvalue weighted by atomic mass is 16.5. The van der Waals surface area contributed by atoms with Crippen molar-refractivity contribution in [2.75, 3.05) is 10.6 Å². The van der Waals surface area contributed by atoms with E-state index in [9.17, 15) is 9.59 Å². The lowest BCUT2D eigenvalue weighted by molar-refractivity contribution is -0.116. The van der Waals surface area contributed by atoms with E-state index in [0.29, 0.717) is 24.3 Å². The van der Waals surface area contributed by atoms with Crippen LogP contribution < -0.4 is 15.4 Å². The van der Waals surface area contributed by atoms with E-state index in [-0.39, 0.29) is 17.1 Å². The summed E-state index contributed by atoms with van der Waals surface area (Å²) in [6.07, 6.45) is 1.17. The van der Waals surface area contributed by atoms with Gasteiger partial charge in [0, 0.05) is 24.4 Å². The number of hydrogen-bond donors (Lipinski definition) is 3. The molecule has 0 aliphatic heterocycles. The van der Waals surface area contributed by atoms with Crippen molar-refractivity contribution < 1.29 is 19.4 Å². The molecule has 0 unspecified atom stereocenters. The maximum Gasteiger partial charge on any atom is 0.410 e. The molecule has 3 aromatic rings. The Morgan fingerprint density at radius 2 is 1.72 bits per heavy atom. The Morgan fingerprint density at radius 3 is 2.47 bits per heavy atom. The fraction of sp³-hybridized carbons (Fsp3) is 0.240. The lowest BCUT2D eigenvalue weighted by Gasteiger charge is -2.19. The van der Waals surface area contributed by atoms with Crippen molar-refractivity contribution >= 4 is 23.5 Å². The molecule has 1 heterocycles. The normalized spacial score (nSPS) is 11.0. The predicted octanol–water partition coefficient (Wildman–Crippen LogP) is 5.83. The summed E-state index contributed by atoms with van der Waals surface area (Å²) < 4.78 is 5.82. The van der Waals surface area contributed by atoms with Crippen LogP contribution in [0.25, 0.3) is 0 Å². The maximum absolute atomic E-state index is 12.4. The summed E-state index contributed by atoms with van der Waals surface area (Å²) in [5, 5.41) is 14.0. The third-order valence-corrected chi connectivity index (χ3v) is 4.75. The number of aromatic nitrogens is 1. The van der Waals surface area contributed by atoms with E-state index in [2.05, 4.69) is 42.5 Å². The number of nitrogens with one attached hydrogen (secondary N) is 2. The van der Waals surface area contributed by atoms with Crippen molar-refractivity contribution in [2.24, 2.45) is 0 Å². The van der Waals surface area contributed by atoms with E-state index < -0.39 is 6.09 Å². The second-order valence-electron chi connectivity index (χ2n) is 8.44. The molecule has 0 saturated carbocycles. The first-order valence-electron chi connectivity index (χ1n) is 10.3. The minimum atomic E-state index is -1.19. The van der Waals surface area contributed by atoms with Crippen LogP contribution in [0.5, 0.6) is 11.5 Å². The van der Waals surface area contributed by atoms with Gasteiger partial charge in [0.2, 0.25) is 5.91 Å². The number of rotatable bonds is 7. The summed E-state index contributed by atoms with van der Waals surface area (Å²) in [5.41, 5.74) is 2.93. The fourth-order valence-electron chi connectivity index (χ4n) is 3.10. The highest BCUT2D eigenvalue weighted by Gasteiger charge is 2.14. The summed E-state index contributed by atoms with van der Waals surface area (Å²) in [7, 11) is 0. The number of carboxylic acid groups (broad SMARTS) is 1. The zero-order chi connectivity index (χ0) is 23.1. The SMILES string of the molecule is CC(C)(C)c1cccc(NC(=O)CCc2cccc(Oc3ccnc(NC(=O)O)c3)c2)c1. The summed E-state index contributed by atoms with van der Waals surface area (Å²) in [5.74, 6) is 1.17. The van der Waals surface area contributed by atoms with Crippen LogP contribution in [-0.2, 0) is 16.6 Å². The molecule has 32 heavy (non-hydrogen) atoms. The number of anilines is 2. The summed E-state index contributed by atoms with van der Waals surface area (Å²) in [4.78, 5) is 27.1. The van der Waals surface area contributed by atoms with Crippen LogP contribution in [0.2, 0.25) is 0 Å². The fourth-order valence-corrected chi connectivity index (χ4v) is 3.10. The second kappa shape index (κ2) is 9.96. The van der Waals surface area contributed by atoms with Crippen molar-refractivity contribution in [3.8, 4) is 11.5 Å². The molecule has 0 radical (unpaired) electrons. The largest absolute Gasteiger partial charge is 0.465 e. The van der Waals surface area contributed by atoms with Gasteiger partial charge >= 0.3 is 6.09 Å². The van der Waals surface area contributed by atoms with Crippen molar-refractivity contribution in [3.63, 3.8) is 0 Å². The Labute approximate surface area is 187 Å². The summed E-state index contributed by atoms with van der Waals surface area (Å²) >= 11 is 0. The lowest BCUT2D eigenvalue weighted by atomic mass is 9.87. The van der Waals surface area contributed by atoms with E-state index >= 15 is 0 Å². The first kappa shape index (κ1) is 22.8. The van der Waals surface area contributed by atoms with Gasteiger partial charge in [-0.1, -0.05) is 45.0 Å². The smallest absolute Gasteiger partial charge is 0.410 e. The maximum atomic E-state index is 12.4. The van der Waals surface area contributed by atoms with Crippen LogP contribution >= 0.6 is 0 Å². The van der Waals surface area contributed by atoms with E-state index in [1.807, 2.05) is 36.4 Å². The number of ether oxygens (including phenoxy) is 1. The van der Waals surface area contributed by atoms with E-state index in [0.717, 1.165) is 16.8 Å². The van der Waals surface area contributed by atoms with Crippen molar-refractivity contribution in [1.82, 2.24) is 4.98 Å². The van der Waals surface area contributed by atoms with Gasteiger partial charge in [-0.25, -0.2) is 9.78 Å². The minimum Gasteiger partial charge on any atom is -0.465 e. The topological polar surface area (TPSA) is 101 Å². The van der Waals surface area contributed by atoms with Gasteiger partial charge in [0.05, 0.1) is 0 Å². The van der Waals surface area contributed by atoms with Crippen LogP contribution in [-0.4, -0.2) is 22.1 Å². The molecule has 0 fully saturated rings. The quantitative estimate of drug-likeness (QED) is 0.435. The van der Waals surface area contributed by atoms with Gasteiger partial charge in [0.1, 0.15) is 17.3 Å². The summed E-state index contributed by atoms with van der Waals surface area (Å²) in [6.45, 7) is 6.41. The monoisotopic (exact) mass is 433 g/mol. The lowest BCUT2D eigenvalue weighted by Crippen LogP contribution is -2.15. The van der Waals surface area contributed by atoms with Gasteiger partial charge in [-0.15, -0.1) is 0 Å². The molecule has 7 heteroatoms. The Kier molecular flexibility index (Phi) is 7.10. The third-order valence-electron chi connectivity index (χ3n) is 4.75. The number of hydrogen-bond acceptors (Lipinski definition) is 4. The Hall–Kier alpha value is -3.87. The number of nitrogens with zero attached hydrogens (tertiary/aromatic N) is 1. The Bertz CT molecular complexity index is 1110. The van der Waals surface area contributed by atoms with Gasteiger partial charge in [0.15, 0.2) is 0 Å². The molecule has 1 aromatic heterocycles. The third kappa shape index (κ3) is 6.84. The van der Waals surface area contributed by atoms with Crippen LogP contribution in [0, 0.1) is 0 Å². The van der Waals surface area contributed by atoms with E-state index in [1.165, 1.54) is 12.3 Å². The van der Waals surface area contributed by atoms with Crippen LogP contribution in [0.3, 0.4) is 0 Å². The van der Waals surface area contributed by atoms with Crippen LogP contribution in [0.4, 0.5) is 16.3 Å². The number of benzene rings is 2. The number of amides is 2. The Balaban J connectivity index is 1.58. The number of carbonyl (C=O) groups is 2. The molecular weight excluding hydrogens is 406 g/mol. The second-order valence-corrected chi connectivity index (χ2v) is 8.44. The highest BCUT2D eigenvalue weighted by molar-refractivity contribution is 5.91. The molecule has 0 spiro atoms. The van der Waals surface area contributed by atoms with Crippen LogP contribution in [0.15, 0.2) is 66.9 Å². The molecule has 7 nitrogen and oxygen atoms in total. The van der Waals surface area contributed by atoms with Gasteiger partial charge < -0.3 is 15.2 Å². The van der Waals surface area contributed by atoms with Gasteiger partial charge in [-0.2, -0.15) is 0 Å². The van der Waals surface area contributed by atoms with Crippen molar-refractivity contribution in [3.05, 3.63) is 78.0 Å². The first-order chi connectivity index (χ1) is 15.2. The number of pyridine rings is 1.